The molecule has 3 heteroatoms. The number of allylic oxidation sites excluding steroid dienone is 2. The zero-order valence-corrected chi connectivity index (χ0v) is 40.1. The van der Waals surface area contributed by atoms with Crippen LogP contribution in [0.3, 0.4) is 0 Å². The van der Waals surface area contributed by atoms with Crippen molar-refractivity contribution in [1.29, 1.82) is 0 Å². The molecule has 344 valence electrons. The first-order valence-electron chi connectivity index (χ1n) is 25.3. The number of fused-ring (bicyclic) bond motifs is 10. The Morgan fingerprint density at radius 3 is 1.60 bits per heavy atom. The zero-order chi connectivity index (χ0) is 48.2. The van der Waals surface area contributed by atoms with Gasteiger partial charge in [-0.05, 0) is 138 Å². The minimum atomic E-state index is -0.0485. The molecule has 0 saturated carbocycles. The molecule has 0 aliphatic heterocycles. The molecule has 12 aromatic carbocycles. The Balaban J connectivity index is 1.06. The zero-order valence-electron chi connectivity index (χ0n) is 40.1. The number of anilines is 5. The molecule has 0 bridgehead atoms. The fraction of sp³-hybridized carbons (Fsp3) is 0.0286. The van der Waals surface area contributed by atoms with Crippen LogP contribution >= 0.6 is 0 Å². The number of hydrogen-bond donors (Lipinski definition) is 0. The average Bonchev–Trinajstić information content (AvgIpc) is 3.87. The molecule has 0 amide bonds. The molecule has 73 heavy (non-hydrogen) atoms. The largest absolute Gasteiger partial charge is 0.455 e. The van der Waals surface area contributed by atoms with Gasteiger partial charge in [0.2, 0.25) is 0 Å². The first kappa shape index (κ1) is 42.4. The van der Waals surface area contributed by atoms with Gasteiger partial charge in [0.15, 0.2) is 0 Å². The lowest BCUT2D eigenvalue weighted by Crippen LogP contribution is -2.30. The van der Waals surface area contributed by atoms with E-state index in [1.807, 2.05) is 0 Å². The Hall–Kier alpha value is -9.44. The van der Waals surface area contributed by atoms with Gasteiger partial charge in [-0.3, -0.25) is 0 Å². The van der Waals surface area contributed by atoms with Gasteiger partial charge < -0.3 is 14.2 Å². The van der Waals surface area contributed by atoms with E-state index in [1.165, 1.54) is 60.0 Å². The third-order valence-electron chi connectivity index (χ3n) is 14.9. The summed E-state index contributed by atoms with van der Waals surface area (Å²) in [6.07, 6.45) is 7.99. The van der Waals surface area contributed by atoms with Crippen LogP contribution in [-0.2, 0) is 0 Å². The summed E-state index contributed by atoms with van der Waals surface area (Å²) < 4.78 is 7.03. The molecular weight excluding hydrogens is 885 g/mol. The fourth-order valence-corrected chi connectivity index (χ4v) is 11.6. The lowest BCUT2D eigenvalue weighted by atomic mass is 9.91. The second-order valence-corrected chi connectivity index (χ2v) is 19.1. The molecule has 1 aliphatic rings. The topological polar surface area (TPSA) is 19.6 Å². The fourth-order valence-electron chi connectivity index (χ4n) is 11.6. The van der Waals surface area contributed by atoms with E-state index in [1.54, 1.807) is 0 Å². The van der Waals surface area contributed by atoms with E-state index < -0.39 is 0 Å². The van der Waals surface area contributed by atoms with Crippen molar-refractivity contribution >= 4 is 99.0 Å². The van der Waals surface area contributed by atoms with Crippen molar-refractivity contribution in [2.75, 3.05) is 9.80 Å². The van der Waals surface area contributed by atoms with Crippen LogP contribution in [0.2, 0.25) is 0 Å². The van der Waals surface area contributed by atoms with Crippen LogP contribution < -0.4 is 9.80 Å². The molecular formula is C70H48N2O. The van der Waals surface area contributed by atoms with E-state index in [0.717, 1.165) is 73.3 Å². The van der Waals surface area contributed by atoms with Crippen molar-refractivity contribution in [2.24, 2.45) is 0 Å². The highest BCUT2D eigenvalue weighted by Gasteiger charge is 2.27. The standard InChI is InChI=1S/C70H48N2O/c1-3-26-52(27-4-1)71(53-28-5-2-6-29-53)56-44-51(62-40-19-41-67-68(62)69-65-36-13-11-34-63(65)64-35-12-14-37-66(64)70(69)73-67)45-57(46-56)72(54-30-15-24-49(42-54)60-38-17-22-47-20-7-9-32-58(47)60)55-31-16-25-50(43-55)61-39-18-23-48-21-8-10-33-59(48)61/h1-30,32-46,55H,31H2. The van der Waals surface area contributed by atoms with E-state index in [9.17, 15) is 0 Å². The van der Waals surface area contributed by atoms with Gasteiger partial charge in [0, 0.05) is 44.6 Å². The Kier molecular flexibility index (Phi) is 10.3. The van der Waals surface area contributed by atoms with E-state index >= 15 is 0 Å². The minimum absolute atomic E-state index is 0.0485. The molecule has 0 N–H and O–H groups in total. The minimum Gasteiger partial charge on any atom is -0.455 e. The number of hydrogen-bond acceptors (Lipinski definition) is 3. The number of para-hydroxylation sites is 2. The number of nitrogens with zero attached hydrogens (tertiary/aromatic N) is 2. The smallest absolute Gasteiger partial charge is 0.143 e. The lowest BCUT2D eigenvalue weighted by molar-refractivity contribution is 0.673. The van der Waals surface area contributed by atoms with Gasteiger partial charge in [-0.1, -0.05) is 212 Å². The molecule has 14 rings (SSSR count). The molecule has 3 nitrogen and oxygen atoms in total. The van der Waals surface area contributed by atoms with E-state index in [0.29, 0.717) is 0 Å². The SMILES string of the molecule is C1=CC(c2cccc3ccccc23)=CC(N(c2cccc(-c3cccc4ccccc34)c2)c2cc(-c3cccc4oc5c6ccccc6c6ccccc6c5c34)cc(N(c3ccccc3)c3ccccc3)c2)C1. The second-order valence-electron chi connectivity index (χ2n) is 19.1. The van der Waals surface area contributed by atoms with Crippen molar-refractivity contribution in [1.82, 2.24) is 0 Å². The van der Waals surface area contributed by atoms with Gasteiger partial charge in [0.25, 0.3) is 0 Å². The highest BCUT2D eigenvalue weighted by molar-refractivity contribution is 6.32. The molecule has 1 unspecified atom stereocenters. The van der Waals surface area contributed by atoms with Crippen molar-refractivity contribution in [3.63, 3.8) is 0 Å². The van der Waals surface area contributed by atoms with E-state index in [4.69, 9.17) is 4.42 Å². The summed E-state index contributed by atoms with van der Waals surface area (Å²) in [4.78, 5) is 4.98. The molecule has 0 saturated heterocycles. The van der Waals surface area contributed by atoms with Crippen LogP contribution in [0.1, 0.15) is 12.0 Å². The van der Waals surface area contributed by atoms with Gasteiger partial charge in [-0.2, -0.15) is 0 Å². The molecule has 1 aromatic heterocycles. The summed E-state index contributed by atoms with van der Waals surface area (Å²) in [6, 6.07) is 92.6. The van der Waals surface area contributed by atoms with Crippen molar-refractivity contribution < 1.29 is 4.42 Å². The maximum Gasteiger partial charge on any atom is 0.143 e. The Bertz CT molecular complexity index is 4270. The lowest BCUT2D eigenvalue weighted by Gasteiger charge is -2.35. The maximum absolute atomic E-state index is 7.03. The van der Waals surface area contributed by atoms with Gasteiger partial charge in [0.1, 0.15) is 11.2 Å². The third-order valence-corrected chi connectivity index (χ3v) is 14.9. The monoisotopic (exact) mass is 932 g/mol. The molecule has 0 spiro atoms. The van der Waals surface area contributed by atoms with Gasteiger partial charge >= 0.3 is 0 Å². The summed E-state index contributed by atoms with van der Waals surface area (Å²) in [5.41, 5.74) is 14.2. The molecule has 1 atom stereocenters. The van der Waals surface area contributed by atoms with Gasteiger partial charge in [0.05, 0.1) is 6.04 Å². The number of benzene rings is 12. The summed E-state index contributed by atoms with van der Waals surface area (Å²) in [5, 5.41) is 11.9. The molecule has 1 heterocycles. The van der Waals surface area contributed by atoms with Crippen LogP contribution in [0, 0.1) is 0 Å². The first-order valence-corrected chi connectivity index (χ1v) is 25.3. The molecule has 1 aliphatic carbocycles. The average molecular weight is 933 g/mol. The van der Waals surface area contributed by atoms with Gasteiger partial charge in [-0.15, -0.1) is 0 Å². The van der Waals surface area contributed by atoms with Crippen LogP contribution in [0.4, 0.5) is 28.4 Å². The summed E-state index contributed by atoms with van der Waals surface area (Å²) in [6.45, 7) is 0. The predicted octanol–water partition coefficient (Wildman–Crippen LogP) is 19.6. The number of furan rings is 1. The molecule has 0 fully saturated rings. The summed E-state index contributed by atoms with van der Waals surface area (Å²) in [5.74, 6) is 0. The summed E-state index contributed by atoms with van der Waals surface area (Å²) in [7, 11) is 0. The van der Waals surface area contributed by atoms with Crippen LogP contribution in [0.5, 0.6) is 0 Å². The highest BCUT2D eigenvalue weighted by Crippen LogP contribution is 2.48. The third kappa shape index (κ3) is 7.36. The maximum atomic E-state index is 7.03. The van der Waals surface area contributed by atoms with Crippen molar-refractivity contribution in [2.45, 2.75) is 12.5 Å². The molecule has 0 radical (unpaired) electrons. The second kappa shape index (κ2) is 17.8. The predicted molar refractivity (Wildman–Crippen MR) is 310 cm³/mol. The van der Waals surface area contributed by atoms with Crippen molar-refractivity contribution in [3.8, 4) is 22.3 Å². The van der Waals surface area contributed by atoms with Crippen LogP contribution in [0.15, 0.2) is 277 Å². The van der Waals surface area contributed by atoms with E-state index in [2.05, 4.69) is 283 Å². The molecule has 13 aromatic rings. The van der Waals surface area contributed by atoms with E-state index in [-0.39, 0.29) is 6.04 Å². The summed E-state index contributed by atoms with van der Waals surface area (Å²) >= 11 is 0. The van der Waals surface area contributed by atoms with Crippen LogP contribution in [0.25, 0.3) is 92.9 Å². The van der Waals surface area contributed by atoms with Crippen LogP contribution in [-0.4, -0.2) is 6.04 Å². The Morgan fingerprint density at radius 2 is 0.877 bits per heavy atom. The Labute approximate surface area is 424 Å². The van der Waals surface area contributed by atoms with Crippen molar-refractivity contribution in [3.05, 3.63) is 279 Å². The quantitative estimate of drug-likeness (QED) is 0.134. The number of rotatable bonds is 9. The normalized spacial score (nSPS) is 13.6. The highest BCUT2D eigenvalue weighted by atomic mass is 16.3. The Morgan fingerprint density at radius 1 is 0.356 bits per heavy atom. The first-order chi connectivity index (χ1) is 36.2. The van der Waals surface area contributed by atoms with Gasteiger partial charge in [-0.25, -0.2) is 0 Å².